The topological polar surface area (TPSA) is 88.9 Å². The van der Waals surface area contributed by atoms with E-state index >= 15 is 0 Å². The lowest BCUT2D eigenvalue weighted by Gasteiger charge is -1.93. The minimum Gasteiger partial charge on any atom is -0.357 e. The number of aromatic amines is 1. The summed E-state index contributed by atoms with van der Waals surface area (Å²) in [6, 6.07) is 11.0. The number of hydrogen-bond donors (Lipinski definition) is 1. The van der Waals surface area contributed by atoms with Crippen LogP contribution in [0.25, 0.3) is 10.9 Å². The number of aromatic nitrogens is 2. The highest BCUT2D eigenvalue weighted by Crippen LogP contribution is 2.12. The Labute approximate surface area is 111 Å². The number of nitro groups is 1. The molecule has 6 nitrogen and oxygen atoms in total. The van der Waals surface area contributed by atoms with Crippen molar-refractivity contribution in [3.63, 3.8) is 0 Å². The summed E-state index contributed by atoms with van der Waals surface area (Å²) in [5.41, 5.74) is 0.837. The molecule has 0 fully saturated rings. The van der Waals surface area contributed by atoms with Crippen LogP contribution in [0.3, 0.4) is 0 Å². The molecule has 0 unspecified atom stereocenters. The molecule has 2 heterocycles. The summed E-state index contributed by atoms with van der Waals surface area (Å²) < 4.78 is 0. The largest absolute Gasteiger partial charge is 0.423 e. The number of rotatable bonds is 1. The quantitative estimate of drug-likeness (QED) is 0.546. The van der Waals surface area contributed by atoms with Crippen molar-refractivity contribution in [3.8, 4) is 0 Å². The van der Waals surface area contributed by atoms with Gasteiger partial charge in [0.15, 0.2) is 6.20 Å². The molecule has 7 heteroatoms. The van der Waals surface area contributed by atoms with E-state index in [0.717, 1.165) is 22.2 Å². The van der Waals surface area contributed by atoms with Gasteiger partial charge in [0.05, 0.1) is 0 Å². The van der Waals surface area contributed by atoms with Crippen molar-refractivity contribution in [2.45, 2.75) is 0 Å². The molecule has 0 spiro atoms. The fraction of sp³-hybridized carbons (Fsp3) is 0. The maximum Gasteiger partial charge on any atom is 0.423 e. The number of hydrogen-bond acceptors (Lipinski definition) is 5. The molecule has 96 valence electrons. The molecule has 1 aromatic carbocycles. The van der Waals surface area contributed by atoms with Gasteiger partial charge in [0.1, 0.15) is 0 Å². The molecule has 19 heavy (non-hydrogen) atoms. The highest BCUT2D eigenvalue weighted by Gasteiger charge is 2.04. The number of fused-ring (bicyclic) bond motifs is 1. The summed E-state index contributed by atoms with van der Waals surface area (Å²) in [6.45, 7) is 0. The predicted octanol–water partition coefficient (Wildman–Crippen LogP) is 2.58. The van der Waals surface area contributed by atoms with Gasteiger partial charge in [-0.2, -0.15) is 0 Å². The zero-order valence-electron chi connectivity index (χ0n) is 9.65. The van der Waals surface area contributed by atoms with Crippen LogP contribution in [0.4, 0.5) is 5.13 Å². The van der Waals surface area contributed by atoms with Gasteiger partial charge in [0, 0.05) is 17.0 Å². The smallest absolute Gasteiger partial charge is 0.357 e. The Hall–Kier alpha value is -2.54. The third-order valence-electron chi connectivity index (χ3n) is 2.21. The number of nitrogens with one attached hydrogen (secondary N) is 1. The zero-order valence-corrected chi connectivity index (χ0v) is 10.5. The van der Waals surface area contributed by atoms with Crippen molar-refractivity contribution in [1.82, 2.24) is 9.97 Å². The van der Waals surface area contributed by atoms with Crippen molar-refractivity contribution < 1.29 is 4.92 Å². The Kier molecular flexibility index (Phi) is 3.99. The lowest BCUT2D eigenvalue weighted by atomic mass is 10.2. The number of benzene rings is 1. The van der Waals surface area contributed by atoms with Crippen LogP contribution in [0.1, 0.15) is 0 Å². The van der Waals surface area contributed by atoms with Crippen molar-refractivity contribution in [3.05, 3.63) is 68.4 Å². The van der Waals surface area contributed by atoms with E-state index in [1.54, 1.807) is 5.38 Å². The number of para-hydroxylation sites is 1. The zero-order chi connectivity index (χ0) is 13.7. The average Bonchev–Trinajstić information content (AvgIpc) is 2.93. The van der Waals surface area contributed by atoms with Gasteiger partial charge >= 0.3 is 5.13 Å². The number of thiazole rings is 1. The van der Waals surface area contributed by atoms with Crippen LogP contribution in [0, 0.1) is 10.1 Å². The monoisotopic (exact) mass is 275 g/mol. The standard InChI is InChI=1S/C9H7NO.C3H2N2O2S/c11-9-6-5-7-3-1-2-4-8(7)10-9;6-5(7)3-4-1-2-8-3/h1-6H,(H,10,11);1-2H. The van der Waals surface area contributed by atoms with E-state index in [2.05, 4.69) is 9.97 Å². The maximum absolute atomic E-state index is 10.8. The number of pyridine rings is 1. The molecule has 3 rings (SSSR count). The first-order valence-electron chi connectivity index (χ1n) is 5.29. The van der Waals surface area contributed by atoms with E-state index in [9.17, 15) is 14.9 Å². The third kappa shape index (κ3) is 3.46. The Balaban J connectivity index is 0.000000148. The lowest BCUT2D eigenvalue weighted by molar-refractivity contribution is -0.384. The summed E-state index contributed by atoms with van der Waals surface area (Å²) in [4.78, 5) is 26.3. The first-order chi connectivity index (χ1) is 9.16. The van der Waals surface area contributed by atoms with Crippen molar-refractivity contribution >= 4 is 27.4 Å². The summed E-state index contributed by atoms with van der Waals surface area (Å²) in [5, 5.41) is 12.4. The number of nitrogens with zero attached hydrogens (tertiary/aromatic N) is 2. The summed E-state index contributed by atoms with van der Waals surface area (Å²) in [5.74, 6) is 0. The van der Waals surface area contributed by atoms with Crippen LogP contribution in [-0.4, -0.2) is 14.9 Å². The van der Waals surface area contributed by atoms with Crippen LogP contribution in [0.5, 0.6) is 0 Å². The molecule has 0 amide bonds. The summed E-state index contributed by atoms with van der Waals surface area (Å²) in [7, 11) is 0. The van der Waals surface area contributed by atoms with Gasteiger partial charge in [-0.15, -0.1) is 0 Å². The Morgan fingerprint density at radius 1 is 1.21 bits per heavy atom. The van der Waals surface area contributed by atoms with Gasteiger partial charge in [0.2, 0.25) is 5.56 Å². The molecule has 1 N–H and O–H groups in total. The molecule has 3 aromatic rings. The SMILES string of the molecule is O=[N+]([O-])c1nccs1.O=c1ccc2ccccc2[nH]1. The molecule has 2 aromatic heterocycles. The molecule has 0 aliphatic rings. The van der Waals surface area contributed by atoms with Gasteiger partial charge in [0.25, 0.3) is 0 Å². The second kappa shape index (κ2) is 5.87. The molecule has 0 aliphatic carbocycles. The van der Waals surface area contributed by atoms with Crippen LogP contribution in [0.15, 0.2) is 52.8 Å². The highest BCUT2D eigenvalue weighted by molar-refractivity contribution is 7.12. The fourth-order valence-electron chi connectivity index (χ4n) is 1.40. The van der Waals surface area contributed by atoms with Crippen LogP contribution in [0.2, 0.25) is 0 Å². The summed E-state index contributed by atoms with van der Waals surface area (Å²) in [6.07, 6.45) is 1.41. The van der Waals surface area contributed by atoms with Gasteiger partial charge in [-0.1, -0.05) is 18.2 Å². The highest BCUT2D eigenvalue weighted by atomic mass is 32.1. The van der Waals surface area contributed by atoms with Crippen LogP contribution in [-0.2, 0) is 0 Å². The second-order valence-corrected chi connectivity index (χ2v) is 4.35. The Bertz CT molecular complexity index is 737. The van der Waals surface area contributed by atoms with Crippen molar-refractivity contribution in [1.29, 1.82) is 0 Å². The molecule has 0 radical (unpaired) electrons. The van der Waals surface area contributed by atoms with Crippen LogP contribution < -0.4 is 5.56 Å². The maximum atomic E-state index is 10.8. The molecular formula is C12H9N3O3S. The summed E-state index contributed by atoms with van der Waals surface area (Å²) >= 11 is 1.02. The van der Waals surface area contributed by atoms with Gasteiger partial charge < -0.3 is 15.1 Å². The molecular weight excluding hydrogens is 266 g/mol. The van der Waals surface area contributed by atoms with E-state index in [1.807, 2.05) is 30.3 Å². The van der Waals surface area contributed by atoms with Crippen molar-refractivity contribution in [2.24, 2.45) is 0 Å². The van der Waals surface area contributed by atoms with Crippen molar-refractivity contribution in [2.75, 3.05) is 0 Å². The average molecular weight is 275 g/mol. The molecule has 0 saturated carbocycles. The fourth-order valence-corrected chi connectivity index (χ4v) is 1.85. The van der Waals surface area contributed by atoms with E-state index in [4.69, 9.17) is 0 Å². The van der Waals surface area contributed by atoms with E-state index in [0.29, 0.717) is 0 Å². The van der Waals surface area contributed by atoms with Crippen LogP contribution >= 0.6 is 11.3 Å². The Morgan fingerprint density at radius 2 is 2.00 bits per heavy atom. The van der Waals surface area contributed by atoms with Gasteiger partial charge in [-0.3, -0.25) is 4.79 Å². The molecule has 0 saturated heterocycles. The van der Waals surface area contributed by atoms with Gasteiger partial charge in [-0.05, 0) is 38.8 Å². The normalized spacial score (nSPS) is 9.68. The molecule has 0 aliphatic heterocycles. The molecule has 0 bridgehead atoms. The lowest BCUT2D eigenvalue weighted by Crippen LogP contribution is -2.01. The minimum atomic E-state index is -0.509. The second-order valence-electron chi connectivity index (χ2n) is 3.48. The van der Waals surface area contributed by atoms with E-state index < -0.39 is 4.92 Å². The third-order valence-corrected chi connectivity index (χ3v) is 2.93. The van der Waals surface area contributed by atoms with E-state index in [1.165, 1.54) is 12.3 Å². The predicted molar refractivity (Wildman–Crippen MR) is 73.3 cm³/mol. The molecule has 0 atom stereocenters. The first-order valence-corrected chi connectivity index (χ1v) is 6.17. The van der Waals surface area contributed by atoms with Gasteiger partial charge in [-0.25, -0.2) is 0 Å². The Morgan fingerprint density at radius 3 is 2.63 bits per heavy atom. The first kappa shape index (κ1) is 12.9. The van der Waals surface area contributed by atoms with E-state index in [-0.39, 0.29) is 10.7 Å². The minimum absolute atomic E-state index is 0.0509. The number of H-pyrrole nitrogens is 1.